The highest BCUT2D eigenvalue weighted by Gasteiger charge is 2.48. The van der Waals surface area contributed by atoms with Gasteiger partial charge in [-0.25, -0.2) is 4.98 Å². The number of aromatic nitrogens is 1. The van der Waals surface area contributed by atoms with E-state index in [2.05, 4.69) is 4.98 Å². The maximum atomic E-state index is 13.3. The van der Waals surface area contributed by atoms with Crippen LogP contribution in [0.2, 0.25) is 5.02 Å². The fraction of sp³-hybridized carbons (Fsp3) is 0.115. The first kappa shape index (κ1) is 22.1. The van der Waals surface area contributed by atoms with Gasteiger partial charge in [0.2, 0.25) is 0 Å². The molecule has 0 spiro atoms. The van der Waals surface area contributed by atoms with E-state index in [1.54, 1.807) is 55.6 Å². The highest BCUT2D eigenvalue weighted by Crippen LogP contribution is 2.44. The lowest BCUT2D eigenvalue weighted by molar-refractivity contribution is -0.132. The van der Waals surface area contributed by atoms with Gasteiger partial charge < -0.3 is 9.84 Å². The number of methoxy groups -OCH3 is 1. The molecule has 4 aromatic rings. The quantitative estimate of drug-likeness (QED) is 0.219. The minimum absolute atomic E-state index is 0.0205. The second kappa shape index (κ2) is 8.59. The summed E-state index contributed by atoms with van der Waals surface area (Å²) in [5.74, 6) is -1.21. The Morgan fingerprint density at radius 3 is 2.56 bits per heavy atom. The van der Waals surface area contributed by atoms with Gasteiger partial charge in [-0.15, -0.1) is 0 Å². The van der Waals surface area contributed by atoms with E-state index in [1.165, 1.54) is 16.2 Å². The lowest BCUT2D eigenvalue weighted by Crippen LogP contribution is -2.29. The van der Waals surface area contributed by atoms with Gasteiger partial charge >= 0.3 is 5.91 Å². The van der Waals surface area contributed by atoms with Gasteiger partial charge in [0, 0.05) is 10.6 Å². The molecule has 170 valence electrons. The van der Waals surface area contributed by atoms with Crippen molar-refractivity contribution in [3.05, 3.63) is 94.0 Å². The molecule has 3 aromatic carbocycles. The topological polar surface area (TPSA) is 79.7 Å². The van der Waals surface area contributed by atoms with Crippen molar-refractivity contribution in [2.75, 3.05) is 12.0 Å². The summed E-state index contributed by atoms with van der Waals surface area (Å²) in [4.78, 5) is 32.6. The largest absolute Gasteiger partial charge is 0.507 e. The molecule has 0 aliphatic carbocycles. The van der Waals surface area contributed by atoms with Crippen molar-refractivity contribution in [2.24, 2.45) is 0 Å². The van der Waals surface area contributed by atoms with Crippen LogP contribution in [0.1, 0.15) is 22.7 Å². The summed E-state index contributed by atoms with van der Waals surface area (Å²) in [5, 5.41) is 12.0. The first-order chi connectivity index (χ1) is 16.4. The van der Waals surface area contributed by atoms with Gasteiger partial charge in [-0.3, -0.25) is 14.5 Å². The van der Waals surface area contributed by atoms with Gasteiger partial charge in [0.1, 0.15) is 11.5 Å². The minimum Gasteiger partial charge on any atom is -0.507 e. The van der Waals surface area contributed by atoms with Crippen LogP contribution in [0.15, 0.2) is 72.3 Å². The van der Waals surface area contributed by atoms with E-state index >= 15 is 0 Å². The number of aliphatic hydroxyl groups excluding tert-OH is 1. The first-order valence-corrected chi connectivity index (χ1v) is 11.6. The van der Waals surface area contributed by atoms with Crippen LogP contribution in [0.25, 0.3) is 16.0 Å². The van der Waals surface area contributed by atoms with Crippen LogP contribution in [0, 0.1) is 6.92 Å². The van der Waals surface area contributed by atoms with Gasteiger partial charge in [0.05, 0.1) is 28.9 Å². The molecule has 1 aliphatic heterocycles. The molecule has 0 radical (unpaired) electrons. The van der Waals surface area contributed by atoms with Gasteiger partial charge in [-0.05, 0) is 66.6 Å². The van der Waals surface area contributed by atoms with Gasteiger partial charge in [0.25, 0.3) is 5.78 Å². The van der Waals surface area contributed by atoms with E-state index in [1.807, 2.05) is 25.1 Å². The number of benzene rings is 3. The number of aliphatic hydroxyl groups is 1. The van der Waals surface area contributed by atoms with E-state index in [0.717, 1.165) is 15.8 Å². The molecule has 0 unspecified atom stereocenters. The van der Waals surface area contributed by atoms with Crippen molar-refractivity contribution in [1.29, 1.82) is 0 Å². The number of thiazole rings is 1. The molecular weight excluding hydrogens is 472 g/mol. The summed E-state index contributed by atoms with van der Waals surface area (Å²) in [7, 11) is 1.54. The summed E-state index contributed by atoms with van der Waals surface area (Å²) >= 11 is 7.57. The summed E-state index contributed by atoms with van der Waals surface area (Å²) in [5.41, 5.74) is 2.76. The number of carbonyl (C=O) groups is 2. The molecule has 6 nitrogen and oxygen atoms in total. The zero-order chi connectivity index (χ0) is 24.0. The molecule has 1 fully saturated rings. The van der Waals surface area contributed by atoms with Crippen molar-refractivity contribution >= 4 is 55.7 Å². The van der Waals surface area contributed by atoms with Crippen molar-refractivity contribution < 1.29 is 19.4 Å². The Hall–Kier alpha value is -3.68. The Labute approximate surface area is 204 Å². The molecule has 0 saturated carbocycles. The van der Waals surface area contributed by atoms with Crippen LogP contribution in [0.4, 0.5) is 5.13 Å². The fourth-order valence-electron chi connectivity index (χ4n) is 4.05. The third-order valence-corrected chi connectivity index (χ3v) is 6.96. The lowest BCUT2D eigenvalue weighted by Gasteiger charge is -2.23. The molecule has 1 saturated heterocycles. The molecule has 1 amide bonds. The number of carbonyl (C=O) groups excluding carboxylic acids is 2. The fourth-order valence-corrected chi connectivity index (χ4v) is 5.34. The molecule has 2 heterocycles. The minimum atomic E-state index is -0.887. The third-order valence-electron chi connectivity index (χ3n) is 5.71. The Bertz CT molecular complexity index is 1480. The van der Waals surface area contributed by atoms with E-state index in [9.17, 15) is 14.7 Å². The van der Waals surface area contributed by atoms with Crippen LogP contribution in [0.5, 0.6) is 5.75 Å². The molecule has 5 rings (SSSR count). The Balaban J connectivity index is 1.72. The number of aryl methyl sites for hydroxylation is 1. The van der Waals surface area contributed by atoms with Crippen LogP contribution >= 0.6 is 22.9 Å². The molecule has 34 heavy (non-hydrogen) atoms. The van der Waals surface area contributed by atoms with Crippen molar-refractivity contribution in [3.8, 4) is 5.75 Å². The normalized spacial score (nSPS) is 17.5. The number of ketones is 1. The summed E-state index contributed by atoms with van der Waals surface area (Å²) in [6.45, 7) is 1.98. The maximum Gasteiger partial charge on any atom is 0.301 e. The van der Waals surface area contributed by atoms with E-state index in [0.29, 0.717) is 27.0 Å². The van der Waals surface area contributed by atoms with Gasteiger partial charge in [0.15, 0.2) is 5.13 Å². The second-order valence-corrected chi connectivity index (χ2v) is 9.37. The predicted octanol–water partition coefficient (Wildman–Crippen LogP) is 5.89. The van der Waals surface area contributed by atoms with E-state index in [-0.39, 0.29) is 11.3 Å². The van der Waals surface area contributed by atoms with Crippen molar-refractivity contribution in [2.45, 2.75) is 13.0 Å². The number of nitrogens with zero attached hydrogens (tertiary/aromatic N) is 2. The highest BCUT2D eigenvalue weighted by molar-refractivity contribution is 7.22. The number of hydrogen-bond acceptors (Lipinski definition) is 6. The maximum absolute atomic E-state index is 13.3. The average molecular weight is 491 g/mol. The monoisotopic (exact) mass is 490 g/mol. The standard InChI is InChI=1S/C26H19ClN2O4S/c1-14-6-11-19-20(12-14)34-26(28-19)29-22(16-4-3-5-17(27)13-16)21(24(31)25(29)32)23(30)15-7-9-18(33-2)10-8-15/h3-13,22,30H,1-2H3/t22-/m0/s1. The summed E-state index contributed by atoms with van der Waals surface area (Å²) < 4.78 is 6.08. The lowest BCUT2D eigenvalue weighted by atomic mass is 9.95. The third kappa shape index (κ3) is 3.73. The zero-order valence-corrected chi connectivity index (χ0v) is 19.9. The molecule has 1 aliphatic rings. The van der Waals surface area contributed by atoms with Crippen molar-refractivity contribution in [1.82, 2.24) is 4.98 Å². The average Bonchev–Trinajstić information content (AvgIpc) is 3.36. The Kier molecular flexibility index (Phi) is 5.59. The number of hydrogen-bond donors (Lipinski definition) is 1. The van der Waals surface area contributed by atoms with Crippen LogP contribution in [-0.2, 0) is 9.59 Å². The second-order valence-electron chi connectivity index (χ2n) is 7.92. The predicted molar refractivity (Wildman–Crippen MR) is 134 cm³/mol. The molecular formula is C26H19ClN2O4S. The number of anilines is 1. The molecule has 8 heteroatoms. The Morgan fingerprint density at radius 2 is 1.85 bits per heavy atom. The Morgan fingerprint density at radius 1 is 1.09 bits per heavy atom. The molecule has 1 aromatic heterocycles. The van der Waals surface area contributed by atoms with Gasteiger partial charge in [-0.1, -0.05) is 41.1 Å². The number of fused-ring (bicyclic) bond motifs is 1. The van der Waals surface area contributed by atoms with E-state index in [4.69, 9.17) is 16.3 Å². The first-order valence-electron chi connectivity index (χ1n) is 10.5. The van der Waals surface area contributed by atoms with Crippen LogP contribution < -0.4 is 9.64 Å². The van der Waals surface area contributed by atoms with Crippen molar-refractivity contribution in [3.63, 3.8) is 0 Å². The molecule has 1 atom stereocenters. The number of ether oxygens (including phenoxy) is 1. The highest BCUT2D eigenvalue weighted by atomic mass is 35.5. The van der Waals surface area contributed by atoms with Crippen LogP contribution in [0.3, 0.4) is 0 Å². The molecule has 0 bridgehead atoms. The van der Waals surface area contributed by atoms with Crippen LogP contribution in [-0.4, -0.2) is 28.9 Å². The number of amides is 1. The number of Topliss-reactive ketones (excluding diaryl/α,β-unsaturated/α-hetero) is 1. The number of rotatable bonds is 4. The SMILES string of the molecule is COc1ccc(C(O)=C2C(=O)C(=O)N(c3nc4ccc(C)cc4s3)[C@H]2c2cccc(Cl)c2)cc1. The zero-order valence-electron chi connectivity index (χ0n) is 18.3. The van der Waals surface area contributed by atoms with E-state index < -0.39 is 17.7 Å². The molecule has 1 N–H and O–H groups in total. The summed E-state index contributed by atoms with van der Waals surface area (Å²) in [6, 6.07) is 18.5. The smallest absolute Gasteiger partial charge is 0.301 e. The number of halogens is 1. The van der Waals surface area contributed by atoms with Gasteiger partial charge in [-0.2, -0.15) is 0 Å². The summed E-state index contributed by atoms with van der Waals surface area (Å²) in [6.07, 6.45) is 0.